The first-order valence-electron chi connectivity index (χ1n) is 7.89. The number of nitrogens with zero attached hydrogens (tertiary/aromatic N) is 2. The Morgan fingerprint density at radius 1 is 1.09 bits per heavy atom. The van der Waals surface area contributed by atoms with Crippen LogP contribution in [0.4, 0.5) is 5.69 Å². The zero-order valence-corrected chi connectivity index (χ0v) is 13.6. The van der Waals surface area contributed by atoms with Crippen LogP contribution in [-0.2, 0) is 12.1 Å². The molecule has 1 N–H and O–H groups in total. The highest BCUT2D eigenvalue weighted by atomic mass is 32.1. The van der Waals surface area contributed by atoms with Crippen molar-refractivity contribution in [3.05, 3.63) is 65.7 Å². The van der Waals surface area contributed by atoms with Crippen molar-refractivity contribution in [2.75, 3.05) is 6.54 Å². The minimum absolute atomic E-state index is 0.582. The van der Waals surface area contributed by atoms with Gasteiger partial charge in [0.1, 0.15) is 0 Å². The van der Waals surface area contributed by atoms with Gasteiger partial charge in [0.15, 0.2) is 5.72 Å². The fourth-order valence-electron chi connectivity index (χ4n) is 3.45. The van der Waals surface area contributed by atoms with Crippen molar-refractivity contribution in [1.82, 2.24) is 4.90 Å². The van der Waals surface area contributed by atoms with Gasteiger partial charge in [-0.05, 0) is 11.6 Å². The van der Waals surface area contributed by atoms with E-state index < -0.39 is 5.72 Å². The van der Waals surface area contributed by atoms with Gasteiger partial charge in [-0.1, -0.05) is 60.7 Å². The molecule has 2 heterocycles. The van der Waals surface area contributed by atoms with Gasteiger partial charge >= 0.3 is 0 Å². The summed E-state index contributed by atoms with van der Waals surface area (Å²) in [7, 11) is 0. The normalized spacial score (nSPS) is 23.1. The Kier molecular flexibility index (Phi) is 3.51. The van der Waals surface area contributed by atoms with Crippen LogP contribution in [0.3, 0.4) is 0 Å². The summed E-state index contributed by atoms with van der Waals surface area (Å²) >= 11 is 5.52. The van der Waals surface area contributed by atoms with Crippen molar-refractivity contribution in [2.24, 2.45) is 4.99 Å². The number of hydrogen-bond donors (Lipinski definition) is 1. The molecule has 2 aromatic carbocycles. The first-order valence-corrected chi connectivity index (χ1v) is 8.30. The number of aliphatic imine (C=N–C) groups is 1. The number of para-hydroxylation sites is 1. The lowest BCUT2D eigenvalue weighted by Crippen LogP contribution is -2.45. The van der Waals surface area contributed by atoms with Crippen molar-refractivity contribution in [1.29, 1.82) is 0 Å². The van der Waals surface area contributed by atoms with E-state index >= 15 is 0 Å². The Morgan fingerprint density at radius 3 is 2.61 bits per heavy atom. The van der Waals surface area contributed by atoms with Gasteiger partial charge in [0.2, 0.25) is 0 Å². The monoisotopic (exact) mass is 322 g/mol. The summed E-state index contributed by atoms with van der Waals surface area (Å²) < 4.78 is 0. The maximum atomic E-state index is 11.3. The lowest BCUT2D eigenvalue weighted by Gasteiger charge is -2.35. The lowest BCUT2D eigenvalue weighted by atomic mass is 9.99. The fraction of sp³-hybridized carbons (Fsp3) is 0.263. The SMILES string of the molecule is OC1(c2ccccc2)CCC(=S)N1CC1=Nc2ccccc2C1. The molecule has 1 fully saturated rings. The molecule has 0 saturated carbocycles. The predicted octanol–water partition coefficient (Wildman–Crippen LogP) is 3.58. The summed E-state index contributed by atoms with van der Waals surface area (Å²) in [5.41, 5.74) is 3.22. The first kappa shape index (κ1) is 14.5. The summed E-state index contributed by atoms with van der Waals surface area (Å²) in [6.07, 6.45) is 2.21. The van der Waals surface area contributed by atoms with Crippen LogP contribution in [0.25, 0.3) is 0 Å². The average Bonchev–Trinajstić information content (AvgIpc) is 3.12. The maximum Gasteiger partial charge on any atom is 0.165 e. The molecule has 0 radical (unpaired) electrons. The molecule has 1 unspecified atom stereocenters. The summed E-state index contributed by atoms with van der Waals surface area (Å²) in [5, 5.41) is 11.3. The maximum absolute atomic E-state index is 11.3. The Bertz CT molecular complexity index is 787. The van der Waals surface area contributed by atoms with Gasteiger partial charge < -0.3 is 10.0 Å². The van der Waals surface area contributed by atoms with Crippen LogP contribution in [0, 0.1) is 0 Å². The van der Waals surface area contributed by atoms with E-state index in [9.17, 15) is 5.11 Å². The van der Waals surface area contributed by atoms with Crippen molar-refractivity contribution < 1.29 is 5.11 Å². The second kappa shape index (κ2) is 5.55. The van der Waals surface area contributed by atoms with Crippen LogP contribution in [-0.4, -0.2) is 27.3 Å². The Balaban J connectivity index is 1.62. The van der Waals surface area contributed by atoms with Gasteiger partial charge in [0, 0.05) is 30.5 Å². The predicted molar refractivity (Wildman–Crippen MR) is 96.1 cm³/mol. The molecule has 2 aromatic rings. The van der Waals surface area contributed by atoms with E-state index in [0.717, 1.165) is 34.8 Å². The summed E-state index contributed by atoms with van der Waals surface area (Å²) in [6.45, 7) is 0.582. The van der Waals surface area contributed by atoms with Crippen LogP contribution in [0.5, 0.6) is 0 Å². The van der Waals surface area contributed by atoms with Crippen molar-refractivity contribution in [3.63, 3.8) is 0 Å². The highest BCUT2D eigenvalue weighted by Crippen LogP contribution is 2.38. The number of likely N-dealkylation sites (tertiary alicyclic amines) is 1. The fourth-order valence-corrected chi connectivity index (χ4v) is 3.77. The zero-order chi connectivity index (χ0) is 15.9. The van der Waals surface area contributed by atoms with Gasteiger partial charge in [0.05, 0.1) is 17.2 Å². The molecule has 0 aromatic heterocycles. The molecule has 2 aliphatic heterocycles. The first-order chi connectivity index (χ1) is 11.2. The van der Waals surface area contributed by atoms with Crippen LogP contribution >= 0.6 is 12.2 Å². The van der Waals surface area contributed by atoms with E-state index in [0.29, 0.717) is 13.0 Å². The largest absolute Gasteiger partial charge is 0.367 e. The minimum atomic E-state index is -1.02. The molecular weight excluding hydrogens is 304 g/mol. The highest BCUT2D eigenvalue weighted by Gasteiger charge is 2.43. The van der Waals surface area contributed by atoms with E-state index in [2.05, 4.69) is 6.07 Å². The van der Waals surface area contributed by atoms with E-state index in [1.807, 2.05) is 53.4 Å². The van der Waals surface area contributed by atoms with Crippen LogP contribution in [0.2, 0.25) is 0 Å². The third kappa shape index (κ3) is 2.48. The van der Waals surface area contributed by atoms with E-state index in [-0.39, 0.29) is 0 Å². The molecule has 4 rings (SSSR count). The van der Waals surface area contributed by atoms with Crippen molar-refractivity contribution in [2.45, 2.75) is 25.0 Å². The molecule has 1 saturated heterocycles. The number of benzene rings is 2. The zero-order valence-electron chi connectivity index (χ0n) is 12.8. The quantitative estimate of drug-likeness (QED) is 0.877. The summed E-state index contributed by atoms with van der Waals surface area (Å²) in [6, 6.07) is 18.0. The van der Waals surface area contributed by atoms with Gasteiger partial charge in [-0.25, -0.2) is 0 Å². The molecule has 23 heavy (non-hydrogen) atoms. The standard InChI is InChI=1S/C19H18N2OS/c22-19(15-7-2-1-3-8-15)11-10-18(23)21(19)13-16-12-14-6-4-5-9-17(14)20-16/h1-9,22H,10-13H2. The van der Waals surface area contributed by atoms with Crippen LogP contribution < -0.4 is 0 Å². The third-order valence-corrected chi connectivity index (χ3v) is 5.10. The molecule has 0 spiro atoms. The van der Waals surface area contributed by atoms with Gasteiger partial charge in [-0.3, -0.25) is 4.99 Å². The lowest BCUT2D eigenvalue weighted by molar-refractivity contribution is -0.0570. The average molecular weight is 322 g/mol. The molecule has 0 bridgehead atoms. The molecule has 1 atom stereocenters. The summed E-state index contributed by atoms with van der Waals surface area (Å²) in [5.74, 6) is 0. The topological polar surface area (TPSA) is 35.8 Å². The highest BCUT2D eigenvalue weighted by molar-refractivity contribution is 7.80. The van der Waals surface area contributed by atoms with E-state index in [4.69, 9.17) is 17.2 Å². The molecule has 3 nitrogen and oxygen atoms in total. The second-order valence-electron chi connectivity index (χ2n) is 6.15. The Morgan fingerprint density at radius 2 is 1.83 bits per heavy atom. The van der Waals surface area contributed by atoms with Gasteiger partial charge in [0.25, 0.3) is 0 Å². The number of aliphatic hydroxyl groups is 1. The third-order valence-electron chi connectivity index (χ3n) is 4.68. The summed E-state index contributed by atoms with van der Waals surface area (Å²) in [4.78, 5) is 7.47. The molecule has 4 heteroatoms. The van der Waals surface area contributed by atoms with Gasteiger partial charge in [-0.15, -0.1) is 0 Å². The molecule has 116 valence electrons. The molecular formula is C19H18N2OS. The molecule has 0 amide bonds. The number of fused-ring (bicyclic) bond motifs is 1. The molecule has 0 aliphatic carbocycles. The number of rotatable bonds is 3. The smallest absolute Gasteiger partial charge is 0.165 e. The Labute approximate surface area is 141 Å². The van der Waals surface area contributed by atoms with Crippen molar-refractivity contribution in [3.8, 4) is 0 Å². The van der Waals surface area contributed by atoms with Gasteiger partial charge in [-0.2, -0.15) is 0 Å². The van der Waals surface area contributed by atoms with E-state index in [1.165, 1.54) is 5.56 Å². The number of hydrogen-bond acceptors (Lipinski definition) is 3. The van der Waals surface area contributed by atoms with Crippen LogP contribution in [0.15, 0.2) is 59.6 Å². The van der Waals surface area contributed by atoms with Crippen molar-refractivity contribution >= 4 is 28.6 Å². The minimum Gasteiger partial charge on any atom is -0.367 e. The van der Waals surface area contributed by atoms with Crippen LogP contribution in [0.1, 0.15) is 24.0 Å². The van der Waals surface area contributed by atoms with E-state index in [1.54, 1.807) is 0 Å². The Hall–Kier alpha value is -2.04. The second-order valence-corrected chi connectivity index (χ2v) is 6.62. The molecule has 2 aliphatic rings. The number of thiocarbonyl (C=S) groups is 1.